The van der Waals surface area contributed by atoms with Crippen LogP contribution in [0.25, 0.3) is 0 Å². The highest BCUT2D eigenvalue weighted by atomic mass is 32.2. The van der Waals surface area contributed by atoms with Gasteiger partial charge in [0, 0.05) is 23.7 Å². The van der Waals surface area contributed by atoms with Crippen molar-refractivity contribution in [3.8, 4) is 0 Å². The van der Waals surface area contributed by atoms with Gasteiger partial charge in [-0.05, 0) is 18.9 Å². The first-order valence-corrected chi connectivity index (χ1v) is 5.43. The van der Waals surface area contributed by atoms with Crippen LogP contribution in [0.4, 0.5) is 0 Å². The molecule has 70 valence electrons. The first-order chi connectivity index (χ1) is 6.36. The second-order valence-corrected chi connectivity index (χ2v) is 4.49. The Balaban J connectivity index is 1.98. The van der Waals surface area contributed by atoms with Crippen LogP contribution in [0.1, 0.15) is 19.3 Å². The third-order valence-electron chi connectivity index (χ3n) is 2.30. The Kier molecular flexibility index (Phi) is 2.80. The molecule has 4 heteroatoms. The molecule has 0 spiro atoms. The number of thioether (sulfide) groups is 1. The summed E-state index contributed by atoms with van der Waals surface area (Å²) in [6.07, 6.45) is 7.13. The van der Waals surface area contributed by atoms with Crippen molar-refractivity contribution in [1.29, 1.82) is 0 Å². The Labute approximate surface area is 82.2 Å². The fourth-order valence-corrected chi connectivity index (χ4v) is 2.69. The molecule has 0 amide bonds. The number of aromatic nitrogens is 2. The zero-order valence-electron chi connectivity index (χ0n) is 7.39. The summed E-state index contributed by atoms with van der Waals surface area (Å²) in [5.41, 5.74) is 5.95. The smallest absolute Gasteiger partial charge is 0.187 e. The first kappa shape index (κ1) is 8.97. The Hall–Kier alpha value is -0.610. The molecule has 2 N–H and O–H groups in total. The molecular formula is C9H13N3S. The van der Waals surface area contributed by atoms with Gasteiger partial charge in [0.15, 0.2) is 5.16 Å². The minimum absolute atomic E-state index is 0.328. The van der Waals surface area contributed by atoms with Crippen molar-refractivity contribution in [3.63, 3.8) is 0 Å². The Morgan fingerprint density at radius 2 is 2.08 bits per heavy atom. The summed E-state index contributed by atoms with van der Waals surface area (Å²) >= 11 is 1.71. The lowest BCUT2D eigenvalue weighted by atomic mass is 10.3. The maximum atomic E-state index is 5.95. The predicted molar refractivity (Wildman–Crippen MR) is 53.5 cm³/mol. The standard InChI is InChI=1S/C9H13N3S/c10-7-3-1-4-8(7)13-9-11-5-2-6-12-9/h2,5-8H,1,3-4,10H2/t7-,8-/m1/s1. The van der Waals surface area contributed by atoms with E-state index in [2.05, 4.69) is 9.97 Å². The van der Waals surface area contributed by atoms with Gasteiger partial charge in [-0.1, -0.05) is 18.2 Å². The molecule has 0 aromatic carbocycles. The Morgan fingerprint density at radius 1 is 1.31 bits per heavy atom. The van der Waals surface area contributed by atoms with Crippen LogP contribution < -0.4 is 5.73 Å². The molecule has 0 aliphatic heterocycles. The monoisotopic (exact) mass is 195 g/mol. The molecule has 1 saturated carbocycles. The van der Waals surface area contributed by atoms with Gasteiger partial charge in [-0.15, -0.1) is 0 Å². The second-order valence-electron chi connectivity index (χ2n) is 3.28. The fraction of sp³-hybridized carbons (Fsp3) is 0.556. The van der Waals surface area contributed by atoms with Gasteiger partial charge in [-0.2, -0.15) is 0 Å². The molecular weight excluding hydrogens is 182 g/mol. The van der Waals surface area contributed by atoms with Crippen molar-refractivity contribution >= 4 is 11.8 Å². The first-order valence-electron chi connectivity index (χ1n) is 4.55. The molecule has 1 fully saturated rings. The highest BCUT2D eigenvalue weighted by Gasteiger charge is 2.25. The van der Waals surface area contributed by atoms with Crippen molar-refractivity contribution in [2.75, 3.05) is 0 Å². The van der Waals surface area contributed by atoms with Crippen molar-refractivity contribution in [3.05, 3.63) is 18.5 Å². The summed E-state index contributed by atoms with van der Waals surface area (Å²) in [7, 11) is 0. The number of hydrogen-bond acceptors (Lipinski definition) is 4. The largest absolute Gasteiger partial charge is 0.327 e. The van der Waals surface area contributed by atoms with Crippen molar-refractivity contribution in [2.45, 2.75) is 35.7 Å². The summed E-state index contributed by atoms with van der Waals surface area (Å²) < 4.78 is 0. The third kappa shape index (κ3) is 2.19. The third-order valence-corrected chi connectivity index (χ3v) is 3.61. The van der Waals surface area contributed by atoms with Gasteiger partial charge in [0.1, 0.15) is 0 Å². The molecule has 1 heterocycles. The van der Waals surface area contributed by atoms with Crippen LogP contribution in [0.15, 0.2) is 23.6 Å². The molecule has 1 aliphatic rings. The number of rotatable bonds is 2. The van der Waals surface area contributed by atoms with Crippen molar-refractivity contribution in [2.24, 2.45) is 5.73 Å². The van der Waals surface area contributed by atoms with E-state index in [1.807, 2.05) is 6.07 Å². The summed E-state index contributed by atoms with van der Waals surface area (Å²) in [4.78, 5) is 8.35. The van der Waals surface area contributed by atoms with Gasteiger partial charge in [0.05, 0.1) is 0 Å². The fourth-order valence-electron chi connectivity index (χ4n) is 1.58. The normalized spacial score (nSPS) is 27.8. The van der Waals surface area contributed by atoms with Crippen LogP contribution in [-0.4, -0.2) is 21.3 Å². The lowest BCUT2D eigenvalue weighted by Crippen LogP contribution is -2.26. The molecule has 3 nitrogen and oxygen atoms in total. The molecule has 0 unspecified atom stereocenters. The average molecular weight is 195 g/mol. The SMILES string of the molecule is N[C@@H]1CCC[C@H]1Sc1ncccn1. The molecule has 1 aromatic heterocycles. The number of nitrogens with zero attached hydrogens (tertiary/aromatic N) is 2. The lowest BCUT2D eigenvalue weighted by molar-refractivity contribution is 0.714. The Morgan fingerprint density at radius 3 is 2.69 bits per heavy atom. The topological polar surface area (TPSA) is 51.8 Å². The van der Waals surface area contributed by atoms with E-state index in [0.717, 1.165) is 11.6 Å². The summed E-state index contributed by atoms with van der Waals surface area (Å²) in [6.45, 7) is 0. The van der Waals surface area contributed by atoms with E-state index in [1.165, 1.54) is 12.8 Å². The van der Waals surface area contributed by atoms with Gasteiger partial charge in [0.25, 0.3) is 0 Å². The second kappa shape index (κ2) is 4.07. The van der Waals surface area contributed by atoms with Crippen molar-refractivity contribution in [1.82, 2.24) is 9.97 Å². The highest BCUT2D eigenvalue weighted by molar-refractivity contribution is 7.99. The van der Waals surface area contributed by atoms with E-state index in [4.69, 9.17) is 5.73 Å². The predicted octanol–water partition coefficient (Wildman–Crippen LogP) is 1.45. The van der Waals surface area contributed by atoms with Crippen LogP contribution in [0.5, 0.6) is 0 Å². The highest BCUT2D eigenvalue weighted by Crippen LogP contribution is 2.31. The molecule has 13 heavy (non-hydrogen) atoms. The van der Waals surface area contributed by atoms with E-state index in [-0.39, 0.29) is 0 Å². The van der Waals surface area contributed by atoms with Gasteiger partial charge < -0.3 is 5.73 Å². The molecule has 2 atom stereocenters. The van der Waals surface area contributed by atoms with Gasteiger partial charge in [0.2, 0.25) is 0 Å². The minimum atomic E-state index is 0.328. The maximum absolute atomic E-state index is 5.95. The summed E-state index contributed by atoms with van der Waals surface area (Å²) in [5, 5.41) is 1.37. The maximum Gasteiger partial charge on any atom is 0.187 e. The number of hydrogen-bond donors (Lipinski definition) is 1. The zero-order chi connectivity index (χ0) is 9.10. The van der Waals surface area contributed by atoms with E-state index in [1.54, 1.807) is 24.2 Å². The zero-order valence-corrected chi connectivity index (χ0v) is 8.20. The Bertz CT molecular complexity index is 265. The molecule has 2 rings (SSSR count). The average Bonchev–Trinajstić information content (AvgIpc) is 2.54. The molecule has 0 bridgehead atoms. The van der Waals surface area contributed by atoms with Crippen LogP contribution in [0.2, 0.25) is 0 Å². The van der Waals surface area contributed by atoms with E-state index < -0.39 is 0 Å². The summed E-state index contributed by atoms with van der Waals surface area (Å²) in [5.74, 6) is 0. The molecule has 0 saturated heterocycles. The van der Waals surface area contributed by atoms with Crippen LogP contribution >= 0.6 is 11.8 Å². The van der Waals surface area contributed by atoms with E-state index in [9.17, 15) is 0 Å². The van der Waals surface area contributed by atoms with Gasteiger partial charge >= 0.3 is 0 Å². The minimum Gasteiger partial charge on any atom is -0.327 e. The molecule has 1 aliphatic carbocycles. The van der Waals surface area contributed by atoms with Crippen LogP contribution in [0, 0.1) is 0 Å². The van der Waals surface area contributed by atoms with Crippen LogP contribution in [-0.2, 0) is 0 Å². The van der Waals surface area contributed by atoms with E-state index in [0.29, 0.717) is 11.3 Å². The lowest BCUT2D eigenvalue weighted by Gasteiger charge is -2.12. The number of nitrogens with two attached hydrogens (primary N) is 1. The van der Waals surface area contributed by atoms with Crippen molar-refractivity contribution < 1.29 is 0 Å². The van der Waals surface area contributed by atoms with Gasteiger partial charge in [-0.3, -0.25) is 0 Å². The summed E-state index contributed by atoms with van der Waals surface area (Å²) in [6, 6.07) is 2.16. The van der Waals surface area contributed by atoms with Crippen LogP contribution in [0.3, 0.4) is 0 Å². The molecule has 1 aromatic rings. The quantitative estimate of drug-likeness (QED) is 0.726. The van der Waals surface area contributed by atoms with E-state index >= 15 is 0 Å². The van der Waals surface area contributed by atoms with Gasteiger partial charge in [-0.25, -0.2) is 9.97 Å². The molecule has 0 radical (unpaired) electrons.